The van der Waals surface area contributed by atoms with Crippen molar-refractivity contribution in [2.75, 3.05) is 11.5 Å². The Bertz CT molecular complexity index is 441. The second kappa shape index (κ2) is 6.80. The van der Waals surface area contributed by atoms with E-state index in [-0.39, 0.29) is 0 Å². The van der Waals surface area contributed by atoms with Gasteiger partial charge in [0.1, 0.15) is 0 Å². The number of hydrogen-bond acceptors (Lipinski definition) is 5. The normalized spacial score (nSPS) is 10.6. The molecule has 0 fully saturated rings. The number of thioether (sulfide) groups is 1. The molecule has 5 nitrogen and oxygen atoms in total. The highest BCUT2D eigenvalue weighted by Gasteiger charge is 2.03. The number of nitrogens with zero attached hydrogens (tertiary/aromatic N) is 2. The van der Waals surface area contributed by atoms with Gasteiger partial charge in [-0.1, -0.05) is 18.2 Å². The van der Waals surface area contributed by atoms with Gasteiger partial charge in [-0.05, 0) is 18.6 Å². The fourth-order valence-corrected chi connectivity index (χ4v) is 2.29. The Morgan fingerprint density at radius 3 is 2.81 bits per heavy atom. The highest BCUT2D eigenvalue weighted by Crippen LogP contribution is 2.14. The second-order valence-corrected chi connectivity index (χ2v) is 4.84. The van der Waals surface area contributed by atoms with E-state index in [9.17, 15) is 9.59 Å². The van der Waals surface area contributed by atoms with Crippen LogP contribution in [0.4, 0.5) is 0 Å². The number of hydrogen-bond donors (Lipinski definition) is 2. The second-order valence-electron chi connectivity index (χ2n) is 3.33. The van der Waals surface area contributed by atoms with Gasteiger partial charge in [0.25, 0.3) is 0 Å². The Kier molecular flexibility index (Phi) is 5.68. The third-order valence-corrected chi connectivity index (χ3v) is 3.41. The maximum atomic E-state index is 11.0. The van der Waals surface area contributed by atoms with E-state index in [1.54, 1.807) is 7.05 Å². The van der Waals surface area contributed by atoms with E-state index >= 15 is 0 Å². The number of thiol groups is 1. The van der Waals surface area contributed by atoms with E-state index in [2.05, 4.69) is 22.7 Å². The van der Waals surface area contributed by atoms with Crippen LogP contribution in [0.15, 0.2) is 14.7 Å². The van der Waals surface area contributed by atoms with Crippen LogP contribution in [-0.4, -0.2) is 26.3 Å². The lowest BCUT2D eigenvalue weighted by atomic mass is 10.3. The average Bonchev–Trinajstić information content (AvgIpc) is 2.25. The Hall–Kier alpha value is -0.690. The van der Waals surface area contributed by atoms with Gasteiger partial charge in [-0.3, -0.25) is 19.4 Å². The van der Waals surface area contributed by atoms with E-state index in [1.165, 1.54) is 16.4 Å². The predicted octanol–water partition coefficient (Wildman–Crippen LogP) is 0.661. The van der Waals surface area contributed by atoms with Crippen LogP contribution >= 0.6 is 24.4 Å². The van der Waals surface area contributed by atoms with Crippen molar-refractivity contribution in [2.24, 2.45) is 7.05 Å². The zero-order chi connectivity index (χ0) is 12.0. The molecule has 1 heterocycles. The lowest BCUT2D eigenvalue weighted by Gasteiger charge is -2.05. The summed E-state index contributed by atoms with van der Waals surface area (Å²) in [6.45, 7) is 0. The molecule has 0 radical (unpaired) electrons. The first-order chi connectivity index (χ1) is 7.65. The summed E-state index contributed by atoms with van der Waals surface area (Å²) < 4.78 is 1.48. The number of nitrogens with one attached hydrogen (secondary N) is 1. The maximum Gasteiger partial charge on any atom is 0.339 e. The molecular weight excluding hydrogens is 246 g/mol. The fraction of sp³-hybridized carbons (Fsp3) is 0.667. The van der Waals surface area contributed by atoms with Crippen LogP contribution in [0.2, 0.25) is 0 Å². The summed E-state index contributed by atoms with van der Waals surface area (Å²) in [6.07, 6.45) is 3.27. The van der Waals surface area contributed by atoms with E-state index in [0.717, 1.165) is 30.8 Å². The van der Waals surface area contributed by atoms with E-state index in [0.29, 0.717) is 5.16 Å². The van der Waals surface area contributed by atoms with Crippen molar-refractivity contribution in [2.45, 2.75) is 24.4 Å². The van der Waals surface area contributed by atoms with Gasteiger partial charge in [0.05, 0.1) is 0 Å². The molecule has 16 heavy (non-hydrogen) atoms. The smallest absolute Gasteiger partial charge is 0.265 e. The summed E-state index contributed by atoms with van der Waals surface area (Å²) >= 11 is 5.61. The summed E-state index contributed by atoms with van der Waals surface area (Å²) in [5.41, 5.74) is -1.40. The van der Waals surface area contributed by atoms with Crippen molar-refractivity contribution in [3.63, 3.8) is 0 Å². The number of aryl methyl sites for hydroxylation is 1. The molecule has 1 N–H and O–H groups in total. The van der Waals surface area contributed by atoms with Gasteiger partial charge < -0.3 is 0 Å². The van der Waals surface area contributed by atoms with Crippen molar-refractivity contribution in [1.82, 2.24) is 14.8 Å². The van der Waals surface area contributed by atoms with Crippen LogP contribution in [0.1, 0.15) is 19.3 Å². The third-order valence-electron chi connectivity index (χ3n) is 1.98. The molecule has 0 aliphatic carbocycles. The summed E-state index contributed by atoms with van der Waals surface area (Å²) in [4.78, 5) is 25.7. The molecule has 0 saturated heterocycles. The maximum absolute atomic E-state index is 11.0. The minimum Gasteiger partial charge on any atom is -0.265 e. The Morgan fingerprint density at radius 2 is 2.12 bits per heavy atom. The zero-order valence-corrected chi connectivity index (χ0v) is 10.8. The molecule has 1 aromatic heterocycles. The van der Waals surface area contributed by atoms with Gasteiger partial charge in [0.2, 0.25) is 0 Å². The van der Waals surface area contributed by atoms with Gasteiger partial charge in [-0.25, -0.2) is 0 Å². The Labute approximate surface area is 103 Å². The number of aromatic nitrogens is 3. The molecule has 1 aromatic rings. The van der Waals surface area contributed by atoms with Gasteiger partial charge in [0, 0.05) is 12.8 Å². The lowest BCUT2D eigenvalue weighted by Crippen LogP contribution is -2.33. The van der Waals surface area contributed by atoms with Crippen LogP contribution in [0, 0.1) is 0 Å². The molecule has 1 rings (SSSR count). The Morgan fingerprint density at radius 1 is 1.38 bits per heavy atom. The van der Waals surface area contributed by atoms with E-state index < -0.39 is 11.1 Å². The standard InChI is InChI=1S/C9H15N3O2S2/c1-12-9(10-7(13)8(14)11-12)16-6-4-2-3-5-15/h15H,2-6H2,1H3,(H,11,14). The number of H-pyrrole nitrogens is 1. The number of unbranched alkanes of at least 4 members (excludes halogenated alkanes) is 2. The topological polar surface area (TPSA) is 67.8 Å². The summed E-state index contributed by atoms with van der Waals surface area (Å²) in [5.74, 6) is 1.79. The van der Waals surface area contributed by atoms with Crippen LogP contribution in [0.3, 0.4) is 0 Å². The first kappa shape index (κ1) is 13.4. The molecule has 90 valence electrons. The van der Waals surface area contributed by atoms with Crippen molar-refractivity contribution in [1.29, 1.82) is 0 Å². The van der Waals surface area contributed by atoms with Crippen molar-refractivity contribution in [3.8, 4) is 0 Å². The van der Waals surface area contributed by atoms with Crippen molar-refractivity contribution in [3.05, 3.63) is 20.7 Å². The molecule has 0 bridgehead atoms. The van der Waals surface area contributed by atoms with Gasteiger partial charge in [-0.2, -0.15) is 17.6 Å². The SMILES string of the molecule is Cn1[nH]c(=O)c(=O)nc1SCCCCCS. The quantitative estimate of drug-likeness (QED) is 0.342. The first-order valence-corrected chi connectivity index (χ1v) is 6.68. The molecule has 0 saturated carbocycles. The molecule has 0 spiro atoms. The third kappa shape index (κ3) is 4.05. The van der Waals surface area contributed by atoms with Crippen LogP contribution in [0.5, 0.6) is 0 Å². The predicted molar refractivity (Wildman–Crippen MR) is 68.5 cm³/mol. The molecule has 0 unspecified atom stereocenters. The molecule has 0 atom stereocenters. The van der Waals surface area contributed by atoms with E-state index in [1.807, 2.05) is 0 Å². The van der Waals surface area contributed by atoms with E-state index in [4.69, 9.17) is 0 Å². The Balaban J connectivity index is 2.51. The lowest BCUT2D eigenvalue weighted by molar-refractivity contribution is 0.596. The van der Waals surface area contributed by atoms with Crippen molar-refractivity contribution < 1.29 is 0 Å². The molecule has 0 aliphatic heterocycles. The summed E-state index contributed by atoms with van der Waals surface area (Å²) in [5, 5.41) is 2.96. The van der Waals surface area contributed by atoms with Crippen LogP contribution in [0.25, 0.3) is 0 Å². The zero-order valence-electron chi connectivity index (χ0n) is 9.10. The van der Waals surface area contributed by atoms with Crippen LogP contribution in [-0.2, 0) is 7.05 Å². The monoisotopic (exact) mass is 261 g/mol. The minimum absolute atomic E-state index is 0.551. The number of aromatic amines is 1. The van der Waals surface area contributed by atoms with Crippen LogP contribution < -0.4 is 11.1 Å². The van der Waals surface area contributed by atoms with Gasteiger partial charge >= 0.3 is 11.1 Å². The highest BCUT2D eigenvalue weighted by atomic mass is 32.2. The summed E-state index contributed by atoms with van der Waals surface area (Å²) in [7, 11) is 1.67. The molecular formula is C9H15N3O2S2. The van der Waals surface area contributed by atoms with Gasteiger partial charge in [0.15, 0.2) is 5.16 Å². The molecule has 0 amide bonds. The summed E-state index contributed by atoms with van der Waals surface area (Å²) in [6, 6.07) is 0. The largest absolute Gasteiger partial charge is 0.339 e. The number of rotatable bonds is 6. The minimum atomic E-state index is -0.726. The first-order valence-electron chi connectivity index (χ1n) is 5.06. The average molecular weight is 261 g/mol. The van der Waals surface area contributed by atoms with Crippen molar-refractivity contribution >= 4 is 24.4 Å². The fourth-order valence-electron chi connectivity index (χ4n) is 1.14. The van der Waals surface area contributed by atoms with Gasteiger partial charge in [-0.15, -0.1) is 0 Å². The molecule has 0 aliphatic rings. The molecule has 7 heteroatoms. The molecule has 0 aromatic carbocycles. The highest BCUT2D eigenvalue weighted by molar-refractivity contribution is 7.99.